The van der Waals surface area contributed by atoms with Crippen LogP contribution in [0.3, 0.4) is 0 Å². The number of esters is 1. The summed E-state index contributed by atoms with van der Waals surface area (Å²) in [6.45, 7) is 1.93. The molecule has 0 atom stereocenters. The molecule has 1 rings (SSSR count). The van der Waals surface area contributed by atoms with Gasteiger partial charge in [-0.15, -0.1) is 0 Å². The molecular formula is C11H13FN2O4. The molecule has 0 aliphatic rings. The van der Waals surface area contributed by atoms with Gasteiger partial charge in [0.1, 0.15) is 12.4 Å². The van der Waals surface area contributed by atoms with Crippen molar-refractivity contribution in [2.45, 2.75) is 13.5 Å². The van der Waals surface area contributed by atoms with Crippen LogP contribution in [0.1, 0.15) is 12.5 Å². The van der Waals surface area contributed by atoms with Gasteiger partial charge >= 0.3 is 5.97 Å². The van der Waals surface area contributed by atoms with E-state index >= 15 is 0 Å². The van der Waals surface area contributed by atoms with E-state index in [4.69, 9.17) is 0 Å². The number of carbonyl (C=O) groups excluding carboxylic acids is 1. The maximum atomic E-state index is 13.0. The van der Waals surface area contributed by atoms with Gasteiger partial charge < -0.3 is 10.1 Å². The molecule has 0 saturated heterocycles. The lowest BCUT2D eigenvalue weighted by molar-refractivity contribution is -0.385. The summed E-state index contributed by atoms with van der Waals surface area (Å²) in [7, 11) is 0. The lowest BCUT2D eigenvalue weighted by Gasteiger charge is -2.06. The van der Waals surface area contributed by atoms with Gasteiger partial charge in [0.2, 0.25) is 0 Å². The molecular weight excluding hydrogens is 243 g/mol. The number of nitrogens with zero attached hydrogens (tertiary/aromatic N) is 1. The first kappa shape index (κ1) is 14.0. The van der Waals surface area contributed by atoms with Gasteiger partial charge in [0.15, 0.2) is 0 Å². The normalized spacial score (nSPS) is 10.1. The van der Waals surface area contributed by atoms with Crippen LogP contribution in [-0.2, 0) is 16.1 Å². The number of halogens is 1. The summed E-state index contributed by atoms with van der Waals surface area (Å²) in [5.41, 5.74) is 0.110. The fourth-order valence-electron chi connectivity index (χ4n) is 1.36. The van der Waals surface area contributed by atoms with E-state index in [-0.39, 0.29) is 24.4 Å². The molecule has 1 aromatic carbocycles. The highest BCUT2D eigenvalue weighted by molar-refractivity contribution is 5.65. The number of nitro groups is 1. The van der Waals surface area contributed by atoms with E-state index in [0.717, 1.165) is 18.2 Å². The fraction of sp³-hybridized carbons (Fsp3) is 0.364. The Kier molecular flexibility index (Phi) is 5.19. The summed E-state index contributed by atoms with van der Waals surface area (Å²) in [6, 6.07) is 3.27. The van der Waals surface area contributed by atoms with Gasteiger partial charge in [-0.3, -0.25) is 14.9 Å². The average molecular weight is 256 g/mol. The minimum absolute atomic E-state index is 0.134. The van der Waals surface area contributed by atoms with Crippen molar-refractivity contribution in [1.82, 2.24) is 5.32 Å². The number of nitrogens with one attached hydrogen (secondary N) is 1. The van der Waals surface area contributed by atoms with Crippen molar-refractivity contribution >= 4 is 11.7 Å². The third-order valence-corrected chi connectivity index (χ3v) is 2.14. The van der Waals surface area contributed by atoms with Crippen molar-refractivity contribution in [3.63, 3.8) is 0 Å². The van der Waals surface area contributed by atoms with Crippen LogP contribution in [0.2, 0.25) is 0 Å². The van der Waals surface area contributed by atoms with Crippen molar-refractivity contribution < 1.29 is 18.8 Å². The van der Waals surface area contributed by atoms with Gasteiger partial charge in [0.05, 0.1) is 4.92 Å². The first-order chi connectivity index (χ1) is 8.50. The van der Waals surface area contributed by atoms with E-state index in [1.165, 1.54) is 6.92 Å². The molecule has 0 bridgehead atoms. The SMILES string of the molecule is CC(=O)OCCNCc1cc(F)ccc1[N+](=O)[O-]. The Morgan fingerprint density at radius 1 is 1.56 bits per heavy atom. The van der Waals surface area contributed by atoms with E-state index in [9.17, 15) is 19.3 Å². The molecule has 0 heterocycles. The molecule has 0 radical (unpaired) electrons. The minimum atomic E-state index is -0.567. The van der Waals surface area contributed by atoms with Crippen LogP contribution >= 0.6 is 0 Å². The Hall–Kier alpha value is -2.02. The Labute approximate surface area is 103 Å². The van der Waals surface area contributed by atoms with Gasteiger partial charge in [-0.1, -0.05) is 0 Å². The molecule has 0 spiro atoms. The lowest BCUT2D eigenvalue weighted by atomic mass is 10.1. The molecule has 1 aromatic rings. The predicted octanol–water partition coefficient (Wildman–Crippen LogP) is 1.39. The van der Waals surface area contributed by atoms with Crippen molar-refractivity contribution in [2.75, 3.05) is 13.2 Å². The second kappa shape index (κ2) is 6.65. The number of rotatable bonds is 6. The van der Waals surface area contributed by atoms with E-state index in [1.807, 2.05) is 0 Å². The van der Waals surface area contributed by atoms with Crippen molar-refractivity contribution in [3.8, 4) is 0 Å². The predicted molar refractivity (Wildman–Crippen MR) is 61.4 cm³/mol. The van der Waals surface area contributed by atoms with Gasteiger partial charge in [-0.2, -0.15) is 0 Å². The Morgan fingerprint density at radius 2 is 2.28 bits per heavy atom. The molecule has 7 heteroatoms. The van der Waals surface area contributed by atoms with E-state index in [2.05, 4.69) is 10.1 Å². The summed E-state index contributed by atoms with van der Waals surface area (Å²) in [5, 5.41) is 13.5. The summed E-state index contributed by atoms with van der Waals surface area (Å²) in [4.78, 5) is 20.6. The van der Waals surface area contributed by atoms with Crippen LogP contribution in [-0.4, -0.2) is 24.0 Å². The first-order valence-electron chi connectivity index (χ1n) is 5.27. The third kappa shape index (κ3) is 4.46. The zero-order valence-corrected chi connectivity index (χ0v) is 9.81. The monoisotopic (exact) mass is 256 g/mol. The van der Waals surface area contributed by atoms with Crippen molar-refractivity contribution in [1.29, 1.82) is 0 Å². The van der Waals surface area contributed by atoms with E-state index in [0.29, 0.717) is 6.54 Å². The largest absolute Gasteiger partial charge is 0.465 e. The molecule has 0 amide bonds. The van der Waals surface area contributed by atoms with Crippen LogP contribution in [0.15, 0.2) is 18.2 Å². The van der Waals surface area contributed by atoms with Crippen molar-refractivity contribution in [3.05, 3.63) is 39.7 Å². The quantitative estimate of drug-likeness (QED) is 0.360. The standard InChI is InChI=1S/C11H13FN2O4/c1-8(15)18-5-4-13-7-9-6-10(12)2-3-11(9)14(16)17/h2-3,6,13H,4-5,7H2,1H3. The van der Waals surface area contributed by atoms with Gasteiger partial charge in [0.25, 0.3) is 5.69 Å². The van der Waals surface area contributed by atoms with Crippen LogP contribution < -0.4 is 5.32 Å². The van der Waals surface area contributed by atoms with Crippen molar-refractivity contribution in [2.24, 2.45) is 0 Å². The third-order valence-electron chi connectivity index (χ3n) is 2.14. The summed E-state index contributed by atoms with van der Waals surface area (Å²) >= 11 is 0. The molecule has 0 unspecified atom stereocenters. The number of carbonyl (C=O) groups is 1. The number of benzene rings is 1. The van der Waals surface area contributed by atoms with Crippen LogP contribution in [0.4, 0.5) is 10.1 Å². The van der Waals surface area contributed by atoms with Crippen LogP contribution in [0.5, 0.6) is 0 Å². The maximum absolute atomic E-state index is 13.0. The Balaban J connectivity index is 2.53. The smallest absolute Gasteiger partial charge is 0.302 e. The highest BCUT2D eigenvalue weighted by Gasteiger charge is 2.13. The van der Waals surface area contributed by atoms with Gasteiger partial charge in [-0.05, 0) is 12.1 Å². The second-order valence-electron chi connectivity index (χ2n) is 3.55. The summed E-state index contributed by atoms with van der Waals surface area (Å²) < 4.78 is 17.6. The van der Waals surface area contributed by atoms with E-state index < -0.39 is 16.7 Å². The van der Waals surface area contributed by atoms with Gasteiger partial charge in [0, 0.05) is 31.6 Å². The molecule has 6 nitrogen and oxygen atoms in total. The molecule has 0 aliphatic carbocycles. The highest BCUT2D eigenvalue weighted by atomic mass is 19.1. The van der Waals surface area contributed by atoms with Gasteiger partial charge in [-0.25, -0.2) is 4.39 Å². The number of ether oxygens (including phenoxy) is 1. The second-order valence-corrected chi connectivity index (χ2v) is 3.55. The molecule has 0 aromatic heterocycles. The minimum Gasteiger partial charge on any atom is -0.465 e. The topological polar surface area (TPSA) is 81.5 Å². The summed E-state index contributed by atoms with van der Waals surface area (Å²) in [5.74, 6) is -0.925. The molecule has 98 valence electrons. The molecule has 0 fully saturated rings. The van der Waals surface area contributed by atoms with Crippen LogP contribution in [0, 0.1) is 15.9 Å². The number of nitro benzene ring substituents is 1. The van der Waals surface area contributed by atoms with E-state index in [1.54, 1.807) is 0 Å². The Bertz CT molecular complexity index is 451. The molecule has 18 heavy (non-hydrogen) atoms. The fourth-order valence-corrected chi connectivity index (χ4v) is 1.36. The molecule has 1 N–H and O–H groups in total. The maximum Gasteiger partial charge on any atom is 0.302 e. The number of hydrogen-bond acceptors (Lipinski definition) is 5. The lowest BCUT2D eigenvalue weighted by Crippen LogP contribution is -2.20. The van der Waals surface area contributed by atoms with Crippen LogP contribution in [0.25, 0.3) is 0 Å². The molecule has 0 aliphatic heterocycles. The zero-order valence-electron chi connectivity index (χ0n) is 9.81. The average Bonchev–Trinajstić information content (AvgIpc) is 2.27. The first-order valence-corrected chi connectivity index (χ1v) is 5.27. The zero-order chi connectivity index (χ0) is 13.5. The Morgan fingerprint density at radius 3 is 2.89 bits per heavy atom. The number of hydrogen-bond donors (Lipinski definition) is 1. The highest BCUT2D eigenvalue weighted by Crippen LogP contribution is 2.19. The summed E-state index contributed by atoms with van der Waals surface area (Å²) in [6.07, 6.45) is 0. The molecule has 0 saturated carbocycles.